The summed E-state index contributed by atoms with van der Waals surface area (Å²) in [7, 11) is -1.91. The van der Waals surface area contributed by atoms with Gasteiger partial charge in [0.25, 0.3) is 0 Å². The highest BCUT2D eigenvalue weighted by atomic mass is 32.2. The summed E-state index contributed by atoms with van der Waals surface area (Å²) in [6.45, 7) is 0.474. The van der Waals surface area contributed by atoms with Gasteiger partial charge in [-0.3, -0.25) is 10.1 Å². The van der Waals surface area contributed by atoms with E-state index in [-0.39, 0.29) is 11.5 Å². The number of thiophene rings is 1. The number of hydrogen-bond acceptors (Lipinski definition) is 6. The Morgan fingerprint density at radius 2 is 2.37 bits per heavy atom. The molecular weight excluding hydrogens is 286 g/mol. The number of methoxy groups -OCH3 is 1. The van der Waals surface area contributed by atoms with Gasteiger partial charge in [0.1, 0.15) is 5.54 Å². The number of sulfone groups is 1. The van der Waals surface area contributed by atoms with Crippen molar-refractivity contribution < 1.29 is 17.9 Å². The van der Waals surface area contributed by atoms with Crippen LogP contribution in [0.3, 0.4) is 0 Å². The first kappa shape index (κ1) is 14.5. The smallest absolute Gasteiger partial charge is 0.327 e. The van der Waals surface area contributed by atoms with E-state index < -0.39 is 21.3 Å². The fraction of sp³-hybridized carbons (Fsp3) is 0.583. The Balaban J connectivity index is 2.17. The molecule has 5 nitrogen and oxygen atoms in total. The molecule has 0 radical (unpaired) electrons. The molecule has 2 heterocycles. The molecule has 7 heteroatoms. The summed E-state index contributed by atoms with van der Waals surface area (Å²) in [5.74, 6) is -0.530. The number of nitrogens with one attached hydrogen (secondary N) is 1. The zero-order valence-corrected chi connectivity index (χ0v) is 12.4. The van der Waals surface area contributed by atoms with Gasteiger partial charge in [-0.2, -0.15) is 0 Å². The lowest BCUT2D eigenvalue weighted by molar-refractivity contribution is -0.148. The van der Waals surface area contributed by atoms with Gasteiger partial charge in [-0.15, -0.1) is 11.3 Å². The molecule has 1 aliphatic rings. The minimum atomic E-state index is -3.20. The topological polar surface area (TPSA) is 72.5 Å². The molecule has 106 valence electrons. The van der Waals surface area contributed by atoms with Crippen molar-refractivity contribution in [3.8, 4) is 0 Å². The van der Waals surface area contributed by atoms with Gasteiger partial charge in [0, 0.05) is 11.4 Å². The highest BCUT2D eigenvalue weighted by Crippen LogP contribution is 2.25. The van der Waals surface area contributed by atoms with Crippen LogP contribution in [0.1, 0.15) is 17.7 Å². The summed E-state index contributed by atoms with van der Waals surface area (Å²) in [6.07, 6.45) is 0.971. The molecule has 1 aromatic heterocycles. The van der Waals surface area contributed by atoms with Crippen molar-refractivity contribution in [2.24, 2.45) is 0 Å². The number of esters is 1. The molecule has 1 unspecified atom stereocenters. The molecule has 1 N–H and O–H groups in total. The maximum atomic E-state index is 12.0. The van der Waals surface area contributed by atoms with Crippen LogP contribution < -0.4 is 5.32 Å². The van der Waals surface area contributed by atoms with Crippen LogP contribution in [-0.2, 0) is 25.9 Å². The SMILES string of the molecule is COC(=O)C1(NCc2cccs2)CCCS(=O)(=O)C1. The summed E-state index contributed by atoms with van der Waals surface area (Å²) in [4.78, 5) is 13.1. The zero-order chi connectivity index (χ0) is 13.9. The first-order chi connectivity index (χ1) is 8.97. The van der Waals surface area contributed by atoms with Gasteiger partial charge in [0.05, 0.1) is 18.6 Å². The Kier molecular flexibility index (Phi) is 4.27. The number of ether oxygens (including phenoxy) is 1. The van der Waals surface area contributed by atoms with E-state index in [1.807, 2.05) is 17.5 Å². The third kappa shape index (κ3) is 3.34. The van der Waals surface area contributed by atoms with E-state index in [4.69, 9.17) is 4.74 Å². The van der Waals surface area contributed by atoms with Gasteiger partial charge in [-0.05, 0) is 24.3 Å². The Hall–Kier alpha value is -0.920. The van der Waals surface area contributed by atoms with Crippen molar-refractivity contribution in [3.05, 3.63) is 22.4 Å². The first-order valence-electron chi connectivity index (χ1n) is 6.04. The minimum Gasteiger partial charge on any atom is -0.468 e. The predicted octanol–water partition coefficient (Wildman–Crippen LogP) is 0.958. The average Bonchev–Trinajstić information content (AvgIpc) is 2.87. The van der Waals surface area contributed by atoms with Crippen LogP contribution in [0.25, 0.3) is 0 Å². The number of carbonyl (C=O) groups excluding carboxylic acids is 1. The summed E-state index contributed by atoms with van der Waals surface area (Å²) in [5, 5.41) is 5.04. The Morgan fingerprint density at radius 1 is 1.58 bits per heavy atom. The molecule has 0 aromatic carbocycles. The van der Waals surface area contributed by atoms with Crippen molar-refractivity contribution in [1.29, 1.82) is 0 Å². The van der Waals surface area contributed by atoms with Crippen LogP contribution >= 0.6 is 11.3 Å². The van der Waals surface area contributed by atoms with E-state index in [2.05, 4.69) is 5.32 Å². The van der Waals surface area contributed by atoms with Crippen molar-refractivity contribution in [2.45, 2.75) is 24.9 Å². The second kappa shape index (κ2) is 5.60. The van der Waals surface area contributed by atoms with E-state index in [0.717, 1.165) is 4.88 Å². The molecule has 2 rings (SSSR count). The molecule has 1 fully saturated rings. The Bertz CT molecular complexity index is 538. The summed E-state index contributed by atoms with van der Waals surface area (Å²) in [6, 6.07) is 3.87. The number of carbonyl (C=O) groups is 1. The summed E-state index contributed by atoms with van der Waals surface area (Å²) >= 11 is 1.57. The van der Waals surface area contributed by atoms with Gasteiger partial charge in [-0.1, -0.05) is 6.07 Å². The van der Waals surface area contributed by atoms with Gasteiger partial charge >= 0.3 is 5.97 Å². The minimum absolute atomic E-state index is 0.145. The van der Waals surface area contributed by atoms with E-state index >= 15 is 0 Å². The standard InChI is InChI=1S/C12H17NO4S2/c1-17-11(14)12(5-3-7-19(15,16)9-12)13-8-10-4-2-6-18-10/h2,4,6,13H,3,5,7-9H2,1H3. The van der Waals surface area contributed by atoms with Crippen molar-refractivity contribution in [2.75, 3.05) is 18.6 Å². The second-order valence-electron chi connectivity index (χ2n) is 4.70. The molecule has 0 aliphatic carbocycles. The third-order valence-electron chi connectivity index (χ3n) is 3.28. The van der Waals surface area contributed by atoms with Crippen molar-refractivity contribution in [1.82, 2.24) is 5.32 Å². The normalized spacial score (nSPS) is 25.9. The maximum absolute atomic E-state index is 12.0. The lowest BCUT2D eigenvalue weighted by Gasteiger charge is -2.34. The third-order valence-corrected chi connectivity index (χ3v) is 6.00. The van der Waals surface area contributed by atoms with Crippen molar-refractivity contribution in [3.63, 3.8) is 0 Å². The van der Waals surface area contributed by atoms with Crippen molar-refractivity contribution >= 4 is 27.1 Å². The van der Waals surface area contributed by atoms with Crippen LogP contribution in [0.15, 0.2) is 17.5 Å². The van der Waals surface area contributed by atoms with Gasteiger partial charge in [0.15, 0.2) is 9.84 Å². The van der Waals surface area contributed by atoms with Crippen LogP contribution in [0.5, 0.6) is 0 Å². The average molecular weight is 303 g/mol. The van der Waals surface area contributed by atoms with Gasteiger partial charge in [0.2, 0.25) is 0 Å². The highest BCUT2D eigenvalue weighted by Gasteiger charge is 2.45. The number of hydrogen-bond donors (Lipinski definition) is 1. The molecule has 0 saturated carbocycles. The molecule has 1 aromatic rings. The molecule has 1 atom stereocenters. The van der Waals surface area contributed by atoms with Crippen LogP contribution in [-0.4, -0.2) is 38.5 Å². The molecule has 0 spiro atoms. The predicted molar refractivity (Wildman–Crippen MR) is 73.8 cm³/mol. The fourth-order valence-corrected chi connectivity index (χ4v) is 4.84. The monoisotopic (exact) mass is 303 g/mol. The maximum Gasteiger partial charge on any atom is 0.327 e. The molecule has 1 aliphatic heterocycles. The molecule has 1 saturated heterocycles. The zero-order valence-electron chi connectivity index (χ0n) is 10.7. The highest BCUT2D eigenvalue weighted by molar-refractivity contribution is 7.91. The van der Waals surface area contributed by atoms with E-state index in [1.165, 1.54) is 7.11 Å². The molecule has 0 amide bonds. The lowest BCUT2D eigenvalue weighted by atomic mass is 9.95. The van der Waals surface area contributed by atoms with E-state index in [9.17, 15) is 13.2 Å². The van der Waals surface area contributed by atoms with E-state index in [1.54, 1.807) is 11.3 Å². The lowest BCUT2D eigenvalue weighted by Crippen LogP contribution is -2.59. The molecule has 19 heavy (non-hydrogen) atoms. The second-order valence-corrected chi connectivity index (χ2v) is 7.92. The molecular formula is C12H17NO4S2. The largest absolute Gasteiger partial charge is 0.468 e. The van der Waals surface area contributed by atoms with Crippen LogP contribution in [0, 0.1) is 0 Å². The van der Waals surface area contributed by atoms with Gasteiger partial charge in [-0.25, -0.2) is 8.42 Å². The number of rotatable bonds is 4. The molecule has 0 bridgehead atoms. The van der Waals surface area contributed by atoms with Gasteiger partial charge < -0.3 is 4.74 Å². The fourth-order valence-electron chi connectivity index (χ4n) is 2.35. The summed E-state index contributed by atoms with van der Waals surface area (Å²) in [5.41, 5.74) is -1.10. The van der Waals surface area contributed by atoms with Crippen LogP contribution in [0.4, 0.5) is 0 Å². The Labute approximate surface area is 116 Å². The Morgan fingerprint density at radius 3 is 2.95 bits per heavy atom. The summed E-state index contributed by atoms with van der Waals surface area (Å²) < 4.78 is 28.4. The first-order valence-corrected chi connectivity index (χ1v) is 8.74. The van der Waals surface area contributed by atoms with E-state index in [0.29, 0.717) is 19.4 Å². The quantitative estimate of drug-likeness (QED) is 0.839. The van der Waals surface area contributed by atoms with Crippen LogP contribution in [0.2, 0.25) is 0 Å².